The Morgan fingerprint density at radius 3 is 2.24 bits per heavy atom. The summed E-state index contributed by atoms with van der Waals surface area (Å²) in [5.74, 6) is 0.755. The lowest BCUT2D eigenvalue weighted by Gasteiger charge is -2.15. The molecule has 0 aliphatic heterocycles. The van der Waals surface area contributed by atoms with Gasteiger partial charge in [-0.05, 0) is 37.3 Å². The first-order chi connectivity index (χ1) is 8.38. The summed E-state index contributed by atoms with van der Waals surface area (Å²) < 4.78 is 0. The van der Waals surface area contributed by atoms with E-state index in [9.17, 15) is 0 Å². The van der Waals surface area contributed by atoms with Gasteiger partial charge in [-0.15, -0.1) is 0 Å². The summed E-state index contributed by atoms with van der Waals surface area (Å²) in [6.07, 6.45) is 9.16. The molecule has 0 aliphatic carbocycles. The van der Waals surface area contributed by atoms with E-state index in [-0.39, 0.29) is 0 Å². The fourth-order valence-electron chi connectivity index (χ4n) is 2.40. The number of rotatable bonds is 9. The second kappa shape index (κ2) is 9.23. The highest BCUT2D eigenvalue weighted by molar-refractivity contribution is 5.19. The third-order valence-corrected chi connectivity index (χ3v) is 3.52. The van der Waals surface area contributed by atoms with Gasteiger partial charge in [0.05, 0.1) is 0 Å². The molecule has 0 saturated heterocycles. The van der Waals surface area contributed by atoms with Gasteiger partial charge in [-0.2, -0.15) is 0 Å². The molecule has 0 heterocycles. The molecule has 17 heavy (non-hydrogen) atoms. The minimum atomic E-state index is 0.755. The van der Waals surface area contributed by atoms with Crippen molar-refractivity contribution in [2.45, 2.75) is 57.8 Å². The van der Waals surface area contributed by atoms with Crippen molar-refractivity contribution in [3.05, 3.63) is 35.9 Å². The third kappa shape index (κ3) is 5.88. The predicted octanol–water partition coefficient (Wildman–Crippen LogP) is 4.48. The Kier molecular flexibility index (Phi) is 7.74. The molecule has 2 N–H and O–H groups in total. The van der Waals surface area contributed by atoms with Crippen LogP contribution in [-0.4, -0.2) is 6.54 Å². The molecule has 1 heteroatoms. The quantitative estimate of drug-likeness (QED) is 0.625. The van der Waals surface area contributed by atoms with E-state index < -0.39 is 0 Å². The highest BCUT2D eigenvalue weighted by atomic mass is 14.5. The lowest BCUT2D eigenvalue weighted by Crippen LogP contribution is -1.99. The molecule has 0 amide bonds. The summed E-state index contributed by atoms with van der Waals surface area (Å²) in [5, 5.41) is 0. The minimum Gasteiger partial charge on any atom is -0.330 e. The van der Waals surface area contributed by atoms with Crippen LogP contribution in [0.5, 0.6) is 0 Å². The molecule has 0 spiro atoms. The molecule has 0 saturated carbocycles. The van der Waals surface area contributed by atoms with Crippen molar-refractivity contribution in [2.24, 2.45) is 5.73 Å². The maximum Gasteiger partial charge on any atom is -0.00773 e. The second-order valence-electron chi connectivity index (χ2n) is 4.86. The topological polar surface area (TPSA) is 26.0 Å². The Hall–Kier alpha value is -0.820. The van der Waals surface area contributed by atoms with Gasteiger partial charge in [-0.25, -0.2) is 0 Å². The molecule has 0 aliphatic rings. The lowest BCUT2D eigenvalue weighted by molar-refractivity contribution is 0.532. The second-order valence-corrected chi connectivity index (χ2v) is 4.86. The van der Waals surface area contributed by atoms with Crippen molar-refractivity contribution < 1.29 is 0 Å². The van der Waals surface area contributed by atoms with Crippen LogP contribution >= 0.6 is 0 Å². The van der Waals surface area contributed by atoms with E-state index >= 15 is 0 Å². The van der Waals surface area contributed by atoms with Gasteiger partial charge < -0.3 is 5.73 Å². The maximum atomic E-state index is 5.49. The summed E-state index contributed by atoms with van der Waals surface area (Å²) in [6, 6.07) is 10.9. The largest absolute Gasteiger partial charge is 0.330 e. The van der Waals surface area contributed by atoms with E-state index in [0.717, 1.165) is 12.5 Å². The molecule has 1 unspecified atom stereocenters. The Balaban J connectivity index is 2.20. The van der Waals surface area contributed by atoms with Gasteiger partial charge in [0.25, 0.3) is 0 Å². The van der Waals surface area contributed by atoms with E-state index in [2.05, 4.69) is 37.3 Å². The fourth-order valence-corrected chi connectivity index (χ4v) is 2.40. The van der Waals surface area contributed by atoms with Gasteiger partial charge in [0.15, 0.2) is 0 Å². The van der Waals surface area contributed by atoms with Gasteiger partial charge >= 0.3 is 0 Å². The summed E-state index contributed by atoms with van der Waals surface area (Å²) >= 11 is 0. The maximum absolute atomic E-state index is 5.49. The van der Waals surface area contributed by atoms with Crippen LogP contribution in [0, 0.1) is 0 Å². The zero-order valence-electron chi connectivity index (χ0n) is 11.2. The van der Waals surface area contributed by atoms with Gasteiger partial charge in [0, 0.05) is 0 Å². The zero-order chi connectivity index (χ0) is 12.3. The first-order valence-corrected chi connectivity index (χ1v) is 7.13. The highest BCUT2D eigenvalue weighted by Crippen LogP contribution is 2.25. The van der Waals surface area contributed by atoms with Crippen LogP contribution < -0.4 is 5.73 Å². The van der Waals surface area contributed by atoms with E-state index in [1.54, 1.807) is 0 Å². The van der Waals surface area contributed by atoms with Crippen molar-refractivity contribution in [2.75, 3.05) is 6.54 Å². The van der Waals surface area contributed by atoms with Crippen LogP contribution in [0.4, 0.5) is 0 Å². The first kappa shape index (κ1) is 14.2. The Morgan fingerprint density at radius 1 is 0.941 bits per heavy atom. The highest BCUT2D eigenvalue weighted by Gasteiger charge is 2.07. The van der Waals surface area contributed by atoms with Gasteiger partial charge in [-0.3, -0.25) is 0 Å². The van der Waals surface area contributed by atoms with Crippen LogP contribution in [0.3, 0.4) is 0 Å². The van der Waals surface area contributed by atoms with E-state index in [1.807, 2.05) is 0 Å². The van der Waals surface area contributed by atoms with Crippen LogP contribution in [0.25, 0.3) is 0 Å². The standard InChI is InChI=1S/C16H27N/c1-2-15(16-12-8-6-9-13-16)11-7-4-3-5-10-14-17/h6,8-9,12-13,15H,2-5,7,10-11,14,17H2,1H3. The molecule has 0 fully saturated rings. The zero-order valence-corrected chi connectivity index (χ0v) is 11.2. The van der Waals surface area contributed by atoms with E-state index in [1.165, 1.54) is 50.5 Å². The molecule has 1 nitrogen and oxygen atoms in total. The number of benzene rings is 1. The summed E-state index contributed by atoms with van der Waals surface area (Å²) in [4.78, 5) is 0. The average molecular weight is 233 g/mol. The summed E-state index contributed by atoms with van der Waals surface area (Å²) in [7, 11) is 0. The lowest BCUT2D eigenvalue weighted by atomic mass is 9.91. The molecular formula is C16H27N. The Labute approximate surface area is 106 Å². The monoisotopic (exact) mass is 233 g/mol. The number of nitrogens with two attached hydrogens (primary N) is 1. The summed E-state index contributed by atoms with van der Waals surface area (Å²) in [5.41, 5.74) is 7.00. The average Bonchev–Trinajstić information content (AvgIpc) is 2.39. The molecule has 1 rings (SSSR count). The normalized spacial score (nSPS) is 12.6. The summed E-state index contributed by atoms with van der Waals surface area (Å²) in [6.45, 7) is 3.15. The van der Waals surface area contributed by atoms with Crippen LogP contribution in [-0.2, 0) is 0 Å². The Bertz CT molecular complexity index is 268. The van der Waals surface area contributed by atoms with Crippen molar-refractivity contribution in [1.29, 1.82) is 0 Å². The number of hydrogen-bond acceptors (Lipinski definition) is 1. The minimum absolute atomic E-state index is 0.755. The van der Waals surface area contributed by atoms with Gasteiger partial charge in [0.1, 0.15) is 0 Å². The van der Waals surface area contributed by atoms with Crippen molar-refractivity contribution in [3.63, 3.8) is 0 Å². The van der Waals surface area contributed by atoms with Crippen LogP contribution in [0.15, 0.2) is 30.3 Å². The molecule has 0 bridgehead atoms. The van der Waals surface area contributed by atoms with E-state index in [4.69, 9.17) is 5.73 Å². The van der Waals surface area contributed by atoms with Crippen molar-refractivity contribution in [1.82, 2.24) is 0 Å². The third-order valence-electron chi connectivity index (χ3n) is 3.52. The van der Waals surface area contributed by atoms with Crippen LogP contribution in [0.2, 0.25) is 0 Å². The molecule has 1 aromatic rings. The molecule has 1 aromatic carbocycles. The predicted molar refractivity (Wildman–Crippen MR) is 76.2 cm³/mol. The molecule has 1 atom stereocenters. The number of hydrogen-bond donors (Lipinski definition) is 1. The number of unbranched alkanes of at least 4 members (excludes halogenated alkanes) is 4. The van der Waals surface area contributed by atoms with Gasteiger partial charge in [0.2, 0.25) is 0 Å². The smallest absolute Gasteiger partial charge is 0.00773 e. The van der Waals surface area contributed by atoms with Crippen molar-refractivity contribution >= 4 is 0 Å². The van der Waals surface area contributed by atoms with Crippen LogP contribution in [0.1, 0.15) is 63.4 Å². The van der Waals surface area contributed by atoms with Gasteiger partial charge in [-0.1, -0.05) is 62.9 Å². The molecule has 0 aromatic heterocycles. The van der Waals surface area contributed by atoms with E-state index in [0.29, 0.717) is 0 Å². The fraction of sp³-hybridized carbons (Fsp3) is 0.625. The molecule has 96 valence electrons. The first-order valence-electron chi connectivity index (χ1n) is 7.13. The molecule has 0 radical (unpaired) electrons. The Morgan fingerprint density at radius 2 is 1.59 bits per heavy atom. The SMILES string of the molecule is CCC(CCCCCCCN)c1ccccc1. The van der Waals surface area contributed by atoms with Crippen molar-refractivity contribution in [3.8, 4) is 0 Å². The molecular weight excluding hydrogens is 206 g/mol.